The van der Waals surface area contributed by atoms with Crippen molar-refractivity contribution in [3.8, 4) is 11.5 Å². The molecule has 0 aliphatic carbocycles. The van der Waals surface area contributed by atoms with Gasteiger partial charge in [0.2, 0.25) is 17.7 Å². The zero-order valence-electron chi connectivity index (χ0n) is 29.8. The minimum Gasteiger partial charge on any atom is -0.493 e. The van der Waals surface area contributed by atoms with Crippen molar-refractivity contribution in [1.82, 2.24) is 25.4 Å². The zero-order chi connectivity index (χ0) is 38.6. The largest absolute Gasteiger partial charge is 0.573 e. The van der Waals surface area contributed by atoms with Crippen LogP contribution in [0, 0.1) is 17.8 Å². The minimum absolute atomic E-state index is 0.0580. The Morgan fingerprint density at radius 3 is 2.44 bits per heavy atom. The summed E-state index contributed by atoms with van der Waals surface area (Å²) in [4.78, 5) is 61.3. The molecular weight excluding hydrogens is 727 g/mol. The number of aryl methyl sites for hydroxylation is 1. The number of nitrogens with one attached hydrogen (secondary N) is 3. The molecule has 11 nitrogen and oxygen atoms in total. The zero-order valence-corrected chi connectivity index (χ0v) is 30.5. The summed E-state index contributed by atoms with van der Waals surface area (Å²) in [5.41, 5.74) is 2.74. The van der Waals surface area contributed by atoms with Crippen molar-refractivity contribution in [2.45, 2.75) is 38.1 Å². The summed E-state index contributed by atoms with van der Waals surface area (Å²) in [5.74, 6) is -3.69. The highest BCUT2D eigenvalue weighted by Gasteiger charge is 2.48. The predicted molar refractivity (Wildman–Crippen MR) is 195 cm³/mol. The lowest BCUT2D eigenvalue weighted by molar-refractivity contribution is -0.275. The van der Waals surface area contributed by atoms with Crippen LogP contribution in [0.5, 0.6) is 11.5 Å². The number of benzene rings is 3. The van der Waals surface area contributed by atoms with E-state index in [1.807, 2.05) is 36.4 Å². The van der Waals surface area contributed by atoms with Gasteiger partial charge < -0.3 is 34.9 Å². The van der Waals surface area contributed by atoms with Crippen LogP contribution in [0.4, 0.5) is 13.2 Å². The number of halogens is 4. The van der Waals surface area contributed by atoms with E-state index < -0.39 is 35.9 Å². The van der Waals surface area contributed by atoms with Crippen LogP contribution in [0.2, 0.25) is 5.02 Å². The van der Waals surface area contributed by atoms with Crippen molar-refractivity contribution in [3.63, 3.8) is 0 Å². The molecule has 3 unspecified atom stereocenters. The molecule has 0 saturated carbocycles. The second kappa shape index (κ2) is 16.4. The fraction of sp³-hybridized carbons (Fsp3) is 0.385. The third kappa shape index (κ3) is 8.92. The summed E-state index contributed by atoms with van der Waals surface area (Å²) >= 11 is 6.15. The number of methoxy groups -OCH3 is 1. The van der Waals surface area contributed by atoms with Gasteiger partial charge in [0.15, 0.2) is 11.5 Å². The molecule has 4 atom stereocenters. The Balaban J connectivity index is 1.22. The van der Waals surface area contributed by atoms with Gasteiger partial charge in [-0.2, -0.15) is 0 Å². The number of likely N-dealkylation sites (tertiary alicyclic amines) is 2. The van der Waals surface area contributed by atoms with Gasteiger partial charge in [-0.1, -0.05) is 48.0 Å². The Kier molecular flexibility index (Phi) is 11.7. The number of rotatable bonds is 12. The number of ether oxygens (including phenoxy) is 2. The lowest BCUT2D eigenvalue weighted by atomic mass is 9.79. The molecule has 3 N–H and O–H groups in total. The average molecular weight is 768 g/mol. The maximum Gasteiger partial charge on any atom is 0.573 e. The molecule has 0 spiro atoms. The SMILES string of the molecule is CNC(=O)[C@H](CCCc1ccccc1)NC(=O)C1CN(C(=O)Cc2c[nH]c3cc(Cl)ccc23)CC2CN(C(=O)c3ccc(OC(F)(F)F)c(OC)c3)CC21. The van der Waals surface area contributed by atoms with E-state index in [0.717, 1.165) is 28.1 Å². The second-order valence-corrected chi connectivity index (χ2v) is 14.1. The Labute approximate surface area is 315 Å². The fourth-order valence-corrected chi connectivity index (χ4v) is 7.74. The average Bonchev–Trinajstić information content (AvgIpc) is 3.77. The minimum atomic E-state index is -4.96. The Morgan fingerprint density at radius 1 is 0.963 bits per heavy atom. The number of carbonyl (C=O) groups is 4. The highest BCUT2D eigenvalue weighted by atomic mass is 35.5. The first-order chi connectivity index (χ1) is 25.8. The summed E-state index contributed by atoms with van der Waals surface area (Å²) < 4.78 is 48.0. The summed E-state index contributed by atoms with van der Waals surface area (Å²) in [5, 5.41) is 7.00. The molecule has 2 saturated heterocycles. The van der Waals surface area contributed by atoms with E-state index in [4.69, 9.17) is 16.3 Å². The van der Waals surface area contributed by atoms with Gasteiger partial charge in [0.1, 0.15) is 6.04 Å². The van der Waals surface area contributed by atoms with Crippen LogP contribution in [0.15, 0.2) is 72.9 Å². The van der Waals surface area contributed by atoms with Gasteiger partial charge in [0, 0.05) is 60.9 Å². The molecule has 1 aromatic heterocycles. The Morgan fingerprint density at radius 2 is 1.72 bits per heavy atom. The number of aromatic amines is 1. The number of aromatic nitrogens is 1. The summed E-state index contributed by atoms with van der Waals surface area (Å²) in [6.07, 6.45) is -1.40. The number of hydrogen-bond donors (Lipinski definition) is 3. The van der Waals surface area contributed by atoms with Crippen molar-refractivity contribution in [3.05, 3.63) is 94.6 Å². The van der Waals surface area contributed by atoms with Crippen molar-refractivity contribution in [2.75, 3.05) is 40.3 Å². The molecule has 286 valence electrons. The summed E-state index contributed by atoms with van der Waals surface area (Å²) in [6, 6.07) is 17.8. The molecule has 15 heteroatoms. The van der Waals surface area contributed by atoms with E-state index in [1.165, 1.54) is 26.3 Å². The van der Waals surface area contributed by atoms with Crippen LogP contribution >= 0.6 is 11.6 Å². The monoisotopic (exact) mass is 767 g/mol. The van der Waals surface area contributed by atoms with Crippen LogP contribution < -0.4 is 20.1 Å². The van der Waals surface area contributed by atoms with Crippen LogP contribution in [-0.4, -0.2) is 91.2 Å². The normalized spacial score (nSPS) is 18.9. The maximum atomic E-state index is 14.2. The highest BCUT2D eigenvalue weighted by molar-refractivity contribution is 6.31. The number of amides is 4. The first-order valence-corrected chi connectivity index (χ1v) is 18.0. The molecule has 0 radical (unpaired) electrons. The van der Waals surface area contributed by atoms with Crippen molar-refractivity contribution < 1.29 is 41.8 Å². The quantitative estimate of drug-likeness (QED) is 0.178. The second-order valence-electron chi connectivity index (χ2n) is 13.7. The third-order valence-corrected chi connectivity index (χ3v) is 10.5. The van der Waals surface area contributed by atoms with Gasteiger partial charge in [0.05, 0.1) is 19.4 Å². The summed E-state index contributed by atoms with van der Waals surface area (Å²) in [7, 11) is 2.68. The predicted octanol–water partition coefficient (Wildman–Crippen LogP) is 5.37. The van der Waals surface area contributed by atoms with E-state index in [1.54, 1.807) is 28.1 Å². The van der Waals surface area contributed by atoms with Crippen molar-refractivity contribution >= 4 is 46.1 Å². The number of H-pyrrole nitrogens is 1. The van der Waals surface area contributed by atoms with Gasteiger partial charge in [-0.05, 0) is 72.6 Å². The van der Waals surface area contributed by atoms with Gasteiger partial charge in [0.25, 0.3) is 5.91 Å². The lowest BCUT2D eigenvalue weighted by Gasteiger charge is -2.40. The van der Waals surface area contributed by atoms with Gasteiger partial charge in [-0.15, -0.1) is 13.2 Å². The number of carbonyl (C=O) groups excluding carboxylic acids is 4. The number of fused-ring (bicyclic) bond motifs is 2. The molecule has 6 rings (SSSR count). The molecule has 4 aromatic rings. The van der Waals surface area contributed by atoms with Crippen LogP contribution in [0.25, 0.3) is 10.9 Å². The summed E-state index contributed by atoms with van der Waals surface area (Å²) in [6.45, 7) is 0.711. The van der Waals surface area contributed by atoms with Crippen molar-refractivity contribution in [2.24, 2.45) is 17.8 Å². The molecule has 3 aromatic carbocycles. The standard InChI is InChI=1S/C39H41ClF3N5O6/c1-44-37(51)31(10-6-9-23-7-4-3-5-8-23)46-36(50)30-22-47(35(49)16-25-18-45-32-17-27(40)12-13-28(25)32)19-26-20-48(21-29(26)30)38(52)24-11-14-33(34(15-24)53-2)54-39(41,42)43/h3-5,7-8,11-15,17-18,26,29-31,45H,6,9-10,16,19-22H2,1-2H3,(H,44,51)(H,46,50)/t26?,29?,30?,31-/m0/s1. The maximum absolute atomic E-state index is 14.2. The van der Waals surface area contributed by atoms with E-state index in [-0.39, 0.29) is 67.6 Å². The van der Waals surface area contributed by atoms with E-state index >= 15 is 0 Å². The number of likely N-dealkylation sites (N-methyl/N-ethyl adjacent to an activating group) is 1. The Bertz CT molecular complexity index is 2010. The number of piperidine rings is 1. The molecule has 4 amide bonds. The fourth-order valence-electron chi connectivity index (χ4n) is 7.57. The first kappa shape index (κ1) is 38.5. The van der Waals surface area contributed by atoms with Gasteiger partial charge in [-0.25, -0.2) is 0 Å². The van der Waals surface area contributed by atoms with Gasteiger partial charge in [-0.3, -0.25) is 19.2 Å². The lowest BCUT2D eigenvalue weighted by Crippen LogP contribution is -2.56. The molecule has 54 heavy (non-hydrogen) atoms. The van der Waals surface area contributed by atoms with Crippen LogP contribution in [-0.2, 0) is 27.2 Å². The number of alkyl halides is 3. The van der Waals surface area contributed by atoms with Crippen LogP contribution in [0.1, 0.15) is 34.3 Å². The smallest absolute Gasteiger partial charge is 0.493 e. The Hall–Kier alpha value is -5.24. The molecule has 0 bridgehead atoms. The third-order valence-electron chi connectivity index (χ3n) is 10.2. The number of nitrogens with zero attached hydrogens (tertiary/aromatic N) is 2. The molecular formula is C39H41ClF3N5O6. The van der Waals surface area contributed by atoms with E-state index in [9.17, 15) is 32.3 Å². The van der Waals surface area contributed by atoms with Crippen LogP contribution in [0.3, 0.4) is 0 Å². The number of hydrogen-bond acceptors (Lipinski definition) is 6. The van der Waals surface area contributed by atoms with Gasteiger partial charge >= 0.3 is 6.36 Å². The highest BCUT2D eigenvalue weighted by Crippen LogP contribution is 2.38. The molecule has 3 heterocycles. The van der Waals surface area contributed by atoms with E-state index in [0.29, 0.717) is 24.3 Å². The molecule has 2 aliphatic rings. The first-order valence-electron chi connectivity index (χ1n) is 17.7. The topological polar surface area (TPSA) is 133 Å². The van der Waals surface area contributed by atoms with Crippen molar-refractivity contribution in [1.29, 1.82) is 0 Å². The molecule has 2 fully saturated rings. The van der Waals surface area contributed by atoms with E-state index in [2.05, 4.69) is 20.4 Å². The molecule has 2 aliphatic heterocycles.